The second-order valence-corrected chi connectivity index (χ2v) is 9.30. The highest BCUT2D eigenvalue weighted by atomic mass is 16.6. The summed E-state index contributed by atoms with van der Waals surface area (Å²) in [6, 6.07) is 21.2. The average Bonchev–Trinajstić information content (AvgIpc) is 3.82. The predicted molar refractivity (Wildman–Crippen MR) is 139 cm³/mol. The molecule has 3 aromatic rings. The summed E-state index contributed by atoms with van der Waals surface area (Å²) >= 11 is 0. The van der Waals surface area contributed by atoms with Crippen LogP contribution in [0, 0.1) is 13.8 Å². The second kappa shape index (κ2) is 11.9. The van der Waals surface area contributed by atoms with Crippen molar-refractivity contribution in [1.29, 1.82) is 0 Å². The fourth-order valence-electron chi connectivity index (χ4n) is 4.12. The Labute approximate surface area is 213 Å². The predicted octanol–water partition coefficient (Wildman–Crippen LogP) is 5.23. The van der Waals surface area contributed by atoms with Crippen LogP contribution in [0.2, 0.25) is 0 Å². The van der Waals surface area contributed by atoms with Crippen molar-refractivity contribution in [2.75, 3.05) is 52.9 Å². The molecular weight excluding hydrogens is 456 g/mol. The van der Waals surface area contributed by atoms with Crippen LogP contribution in [0.15, 0.2) is 60.7 Å². The second-order valence-electron chi connectivity index (χ2n) is 9.30. The topological polar surface area (TPSA) is 62.0 Å². The van der Waals surface area contributed by atoms with Crippen LogP contribution >= 0.6 is 0 Å². The number of aryl methyl sites for hydroxylation is 2. The third-order valence-electron chi connectivity index (χ3n) is 6.25. The van der Waals surface area contributed by atoms with Crippen LogP contribution in [-0.4, -0.2) is 65.1 Å². The molecule has 2 atom stereocenters. The van der Waals surface area contributed by atoms with Crippen molar-refractivity contribution in [1.82, 2.24) is 0 Å². The van der Waals surface area contributed by atoms with Crippen molar-refractivity contribution in [2.24, 2.45) is 0 Å². The van der Waals surface area contributed by atoms with E-state index in [0.717, 1.165) is 41.4 Å². The van der Waals surface area contributed by atoms with Gasteiger partial charge in [0.2, 0.25) is 0 Å². The molecule has 0 amide bonds. The first-order chi connectivity index (χ1) is 17.7. The van der Waals surface area contributed by atoms with E-state index in [2.05, 4.69) is 62.4 Å². The molecule has 36 heavy (non-hydrogen) atoms. The summed E-state index contributed by atoms with van der Waals surface area (Å²) in [6.45, 7) is 9.34. The lowest BCUT2D eigenvalue weighted by atomic mass is 9.97. The monoisotopic (exact) mass is 490 g/mol. The summed E-state index contributed by atoms with van der Waals surface area (Å²) in [5, 5.41) is 0. The number of benzene rings is 3. The van der Waals surface area contributed by atoms with E-state index < -0.39 is 0 Å². The molecule has 2 unspecified atom stereocenters. The third kappa shape index (κ3) is 7.08. The molecule has 6 heteroatoms. The molecule has 2 heterocycles. The number of hydrogen-bond acceptors (Lipinski definition) is 6. The molecule has 3 aromatic carbocycles. The average molecular weight is 491 g/mol. The minimum Gasteiger partial charge on any atom is -0.491 e. The summed E-state index contributed by atoms with van der Waals surface area (Å²) in [4.78, 5) is 0. The lowest BCUT2D eigenvalue weighted by molar-refractivity contribution is 0.0874. The molecule has 2 fully saturated rings. The highest BCUT2D eigenvalue weighted by Gasteiger charge is 2.22. The molecule has 5 rings (SSSR count). The number of ether oxygens (including phenoxy) is 6. The summed E-state index contributed by atoms with van der Waals surface area (Å²) < 4.78 is 33.1. The highest BCUT2D eigenvalue weighted by Crippen LogP contribution is 2.32. The maximum Gasteiger partial charge on any atom is 0.125 e. The molecule has 2 aliphatic heterocycles. The quantitative estimate of drug-likeness (QED) is 0.228. The molecule has 0 bridgehead atoms. The summed E-state index contributed by atoms with van der Waals surface area (Å²) in [5.74, 6) is 1.78. The standard InChI is InChI=1S/C30H34O6/c1-21-15-26(16-22(2)30(21)34-14-12-32-18-29-20-36-29)25-5-3-23(4-6-25)24-7-9-27(10-8-24)33-13-11-31-17-28-19-35-28/h3-10,15-16,28-29H,11-14,17-20H2,1-2H3. The molecule has 0 radical (unpaired) electrons. The molecule has 6 nitrogen and oxygen atoms in total. The fraction of sp³-hybridized carbons (Fsp3) is 0.400. The Morgan fingerprint density at radius 3 is 1.56 bits per heavy atom. The minimum atomic E-state index is 0.288. The lowest BCUT2D eigenvalue weighted by Gasteiger charge is -2.15. The summed E-state index contributed by atoms with van der Waals surface area (Å²) in [7, 11) is 0. The van der Waals surface area contributed by atoms with Gasteiger partial charge in [0.25, 0.3) is 0 Å². The maximum atomic E-state index is 6.01. The maximum absolute atomic E-state index is 6.01. The van der Waals surface area contributed by atoms with Crippen molar-refractivity contribution < 1.29 is 28.4 Å². The van der Waals surface area contributed by atoms with E-state index in [0.29, 0.717) is 45.7 Å². The smallest absolute Gasteiger partial charge is 0.125 e. The molecule has 0 aromatic heterocycles. The molecule has 190 valence electrons. The van der Waals surface area contributed by atoms with Gasteiger partial charge >= 0.3 is 0 Å². The van der Waals surface area contributed by atoms with E-state index in [1.807, 2.05) is 12.1 Å². The van der Waals surface area contributed by atoms with Crippen LogP contribution in [0.3, 0.4) is 0 Å². The molecule has 2 aliphatic rings. The van der Waals surface area contributed by atoms with E-state index in [9.17, 15) is 0 Å². The van der Waals surface area contributed by atoms with Crippen LogP contribution in [0.5, 0.6) is 11.5 Å². The van der Waals surface area contributed by atoms with Gasteiger partial charge in [-0.2, -0.15) is 0 Å². The van der Waals surface area contributed by atoms with Gasteiger partial charge in [-0.3, -0.25) is 0 Å². The Morgan fingerprint density at radius 1 is 0.611 bits per heavy atom. The Bertz CT molecular complexity index is 1090. The van der Waals surface area contributed by atoms with E-state index in [1.54, 1.807) is 0 Å². The summed E-state index contributed by atoms with van der Waals surface area (Å²) in [5.41, 5.74) is 6.94. The molecule has 0 saturated carbocycles. The van der Waals surface area contributed by atoms with Crippen molar-refractivity contribution in [3.8, 4) is 33.8 Å². The number of hydrogen-bond donors (Lipinski definition) is 0. The van der Waals surface area contributed by atoms with Crippen molar-refractivity contribution >= 4 is 0 Å². The number of rotatable bonds is 14. The Kier molecular flexibility index (Phi) is 8.18. The molecular formula is C30H34O6. The Hall–Kier alpha value is -2.90. The van der Waals surface area contributed by atoms with Gasteiger partial charge in [0.05, 0.1) is 39.6 Å². The Morgan fingerprint density at radius 2 is 1.06 bits per heavy atom. The largest absolute Gasteiger partial charge is 0.491 e. The van der Waals surface area contributed by atoms with Gasteiger partial charge in [0.15, 0.2) is 0 Å². The van der Waals surface area contributed by atoms with Crippen molar-refractivity contribution in [3.63, 3.8) is 0 Å². The zero-order chi connectivity index (χ0) is 24.7. The zero-order valence-electron chi connectivity index (χ0n) is 21.0. The molecule has 0 N–H and O–H groups in total. The first kappa shape index (κ1) is 24.8. The molecule has 0 aliphatic carbocycles. The van der Waals surface area contributed by atoms with Crippen LogP contribution in [0.25, 0.3) is 22.3 Å². The highest BCUT2D eigenvalue weighted by molar-refractivity contribution is 5.72. The van der Waals surface area contributed by atoms with Crippen LogP contribution in [-0.2, 0) is 18.9 Å². The van der Waals surface area contributed by atoms with Gasteiger partial charge < -0.3 is 28.4 Å². The molecule has 2 saturated heterocycles. The SMILES string of the molecule is Cc1cc(-c2ccc(-c3ccc(OCCOCC4CO4)cc3)cc2)cc(C)c1OCCOCC1CO1. The summed E-state index contributed by atoms with van der Waals surface area (Å²) in [6.07, 6.45) is 0.579. The first-order valence-electron chi connectivity index (χ1n) is 12.6. The molecule has 0 spiro atoms. The zero-order valence-corrected chi connectivity index (χ0v) is 21.0. The van der Waals surface area contributed by atoms with Crippen molar-refractivity contribution in [2.45, 2.75) is 26.1 Å². The Balaban J connectivity index is 1.13. The fourth-order valence-corrected chi connectivity index (χ4v) is 4.12. The number of epoxide rings is 2. The normalized spacial score (nSPS) is 18.2. The lowest BCUT2D eigenvalue weighted by Crippen LogP contribution is -2.11. The minimum absolute atomic E-state index is 0.288. The van der Waals surface area contributed by atoms with E-state index >= 15 is 0 Å². The third-order valence-corrected chi connectivity index (χ3v) is 6.25. The van der Waals surface area contributed by atoms with E-state index in [4.69, 9.17) is 28.4 Å². The van der Waals surface area contributed by atoms with Crippen LogP contribution in [0.1, 0.15) is 11.1 Å². The van der Waals surface area contributed by atoms with E-state index in [-0.39, 0.29) is 6.10 Å². The van der Waals surface area contributed by atoms with Gasteiger partial charge in [-0.1, -0.05) is 36.4 Å². The van der Waals surface area contributed by atoms with Gasteiger partial charge in [-0.25, -0.2) is 0 Å². The van der Waals surface area contributed by atoms with Crippen LogP contribution < -0.4 is 9.47 Å². The van der Waals surface area contributed by atoms with Crippen molar-refractivity contribution in [3.05, 3.63) is 71.8 Å². The van der Waals surface area contributed by atoms with Gasteiger partial charge in [0, 0.05) is 0 Å². The van der Waals surface area contributed by atoms with Gasteiger partial charge in [-0.05, 0) is 71.5 Å². The van der Waals surface area contributed by atoms with E-state index in [1.165, 1.54) is 16.7 Å². The first-order valence-corrected chi connectivity index (χ1v) is 12.6. The van der Waals surface area contributed by atoms with Gasteiger partial charge in [0.1, 0.15) is 36.9 Å². The van der Waals surface area contributed by atoms with Gasteiger partial charge in [-0.15, -0.1) is 0 Å². The van der Waals surface area contributed by atoms with Crippen LogP contribution in [0.4, 0.5) is 0 Å².